The maximum atomic E-state index is 10.8. The Morgan fingerprint density at radius 1 is 1.32 bits per heavy atom. The van der Waals surface area contributed by atoms with E-state index in [1.165, 1.54) is 0 Å². The van der Waals surface area contributed by atoms with E-state index in [1.54, 1.807) is 39.4 Å². The Kier molecular flexibility index (Phi) is 5.18. The van der Waals surface area contributed by atoms with Gasteiger partial charge in [-0.25, -0.2) is 4.79 Å². The second-order valence-electron chi connectivity index (χ2n) is 3.98. The Bertz CT molecular complexity index is 515. The molecule has 0 fully saturated rings. The molecule has 0 unspecified atom stereocenters. The van der Waals surface area contributed by atoms with Crippen molar-refractivity contribution in [2.24, 2.45) is 0 Å². The van der Waals surface area contributed by atoms with Crippen LogP contribution in [0.1, 0.15) is 18.1 Å². The summed E-state index contributed by atoms with van der Waals surface area (Å²) in [6.07, 6.45) is 3.47. The molecule has 1 N–H and O–H groups in total. The van der Waals surface area contributed by atoms with Crippen molar-refractivity contribution in [3.8, 4) is 11.5 Å². The number of rotatable bonds is 6. The number of carboxylic acid groups (broad SMARTS) is 1. The van der Waals surface area contributed by atoms with Gasteiger partial charge >= 0.3 is 5.97 Å². The van der Waals surface area contributed by atoms with E-state index in [4.69, 9.17) is 14.6 Å². The van der Waals surface area contributed by atoms with Gasteiger partial charge in [-0.3, -0.25) is 0 Å². The van der Waals surface area contributed by atoms with E-state index < -0.39 is 5.97 Å². The standard InChI is InChI=1S/C15H18O4/c1-5-6-11-12(18-3)7-8-13(19-4)15(11)10(2)9-14(16)17/h5,7-9H,1,6H2,2-4H3,(H,16,17)/b10-9+. The molecule has 1 rings (SSSR count). The summed E-state index contributed by atoms with van der Waals surface area (Å²) in [5.74, 6) is 0.313. The van der Waals surface area contributed by atoms with Gasteiger partial charge in [0.2, 0.25) is 0 Å². The molecule has 4 heteroatoms. The van der Waals surface area contributed by atoms with Crippen LogP contribution < -0.4 is 9.47 Å². The molecule has 0 aliphatic heterocycles. The van der Waals surface area contributed by atoms with E-state index in [-0.39, 0.29) is 0 Å². The monoisotopic (exact) mass is 262 g/mol. The molecule has 0 aliphatic carbocycles. The maximum absolute atomic E-state index is 10.8. The third-order valence-corrected chi connectivity index (χ3v) is 2.75. The molecule has 0 amide bonds. The predicted octanol–water partition coefficient (Wildman–Crippen LogP) is 2.92. The Morgan fingerprint density at radius 2 is 1.89 bits per heavy atom. The summed E-state index contributed by atoms with van der Waals surface area (Å²) in [5, 5.41) is 8.89. The third-order valence-electron chi connectivity index (χ3n) is 2.75. The molecule has 4 nitrogen and oxygen atoms in total. The summed E-state index contributed by atoms with van der Waals surface area (Å²) < 4.78 is 10.6. The van der Waals surface area contributed by atoms with E-state index in [0.717, 1.165) is 17.2 Å². The summed E-state index contributed by atoms with van der Waals surface area (Å²) in [6.45, 7) is 5.45. The Morgan fingerprint density at radius 3 is 2.37 bits per heavy atom. The minimum Gasteiger partial charge on any atom is -0.496 e. The lowest BCUT2D eigenvalue weighted by molar-refractivity contribution is -0.131. The zero-order valence-corrected chi connectivity index (χ0v) is 11.4. The zero-order valence-electron chi connectivity index (χ0n) is 11.4. The van der Waals surface area contributed by atoms with Crippen LogP contribution in [0.5, 0.6) is 11.5 Å². The average Bonchev–Trinajstić information content (AvgIpc) is 2.37. The molecule has 0 aliphatic rings. The fourth-order valence-electron chi connectivity index (χ4n) is 2.01. The molecule has 0 aromatic heterocycles. The van der Waals surface area contributed by atoms with Gasteiger partial charge in [-0.1, -0.05) is 6.08 Å². The van der Waals surface area contributed by atoms with Gasteiger partial charge in [0.1, 0.15) is 11.5 Å². The molecule has 19 heavy (non-hydrogen) atoms. The topological polar surface area (TPSA) is 55.8 Å². The van der Waals surface area contributed by atoms with E-state index >= 15 is 0 Å². The zero-order chi connectivity index (χ0) is 14.4. The highest BCUT2D eigenvalue weighted by Gasteiger charge is 2.15. The smallest absolute Gasteiger partial charge is 0.328 e. The molecule has 0 radical (unpaired) electrons. The average molecular weight is 262 g/mol. The minimum atomic E-state index is -0.994. The van der Waals surface area contributed by atoms with Crippen LogP contribution in [0.2, 0.25) is 0 Å². The van der Waals surface area contributed by atoms with Crippen LogP contribution in [0.15, 0.2) is 30.9 Å². The highest BCUT2D eigenvalue weighted by atomic mass is 16.5. The van der Waals surface area contributed by atoms with Crippen LogP contribution in [0, 0.1) is 0 Å². The molecule has 0 saturated carbocycles. The van der Waals surface area contributed by atoms with Crippen LogP contribution in [0.4, 0.5) is 0 Å². The lowest BCUT2D eigenvalue weighted by atomic mass is 9.96. The largest absolute Gasteiger partial charge is 0.496 e. The molecular formula is C15H18O4. The molecule has 1 aromatic carbocycles. The normalized spacial score (nSPS) is 11.0. The van der Waals surface area contributed by atoms with Crippen molar-refractivity contribution in [3.63, 3.8) is 0 Å². The van der Waals surface area contributed by atoms with E-state index in [1.807, 2.05) is 0 Å². The fourth-order valence-corrected chi connectivity index (χ4v) is 2.01. The van der Waals surface area contributed by atoms with E-state index in [0.29, 0.717) is 23.5 Å². The first-order valence-corrected chi connectivity index (χ1v) is 5.81. The van der Waals surface area contributed by atoms with Crippen molar-refractivity contribution in [3.05, 3.63) is 42.0 Å². The number of methoxy groups -OCH3 is 2. The number of carboxylic acids is 1. The van der Waals surface area contributed by atoms with Crippen LogP contribution in [0.3, 0.4) is 0 Å². The summed E-state index contributed by atoms with van der Waals surface area (Å²) in [5.41, 5.74) is 2.22. The SMILES string of the molecule is C=CCc1c(OC)ccc(OC)c1/C(C)=C/C(=O)O. The Balaban J connectivity index is 3.54. The Labute approximate surface area is 113 Å². The van der Waals surface area contributed by atoms with Gasteiger partial charge in [-0.15, -0.1) is 6.58 Å². The predicted molar refractivity (Wildman–Crippen MR) is 74.7 cm³/mol. The first-order chi connectivity index (χ1) is 9.04. The lowest BCUT2D eigenvalue weighted by Crippen LogP contribution is -2.01. The number of ether oxygens (including phenoxy) is 2. The molecule has 0 heterocycles. The van der Waals surface area contributed by atoms with Gasteiger partial charge < -0.3 is 14.6 Å². The van der Waals surface area contributed by atoms with Gasteiger partial charge in [-0.05, 0) is 31.1 Å². The van der Waals surface area contributed by atoms with E-state index in [2.05, 4.69) is 6.58 Å². The van der Waals surface area contributed by atoms with Crippen molar-refractivity contribution in [1.29, 1.82) is 0 Å². The third kappa shape index (κ3) is 3.37. The van der Waals surface area contributed by atoms with Crippen molar-refractivity contribution in [2.45, 2.75) is 13.3 Å². The van der Waals surface area contributed by atoms with Gasteiger partial charge in [0.15, 0.2) is 0 Å². The molecular weight excluding hydrogens is 244 g/mol. The van der Waals surface area contributed by atoms with Crippen LogP contribution >= 0.6 is 0 Å². The first kappa shape index (κ1) is 14.8. The molecule has 102 valence electrons. The van der Waals surface area contributed by atoms with Crippen LogP contribution in [0.25, 0.3) is 5.57 Å². The number of carbonyl (C=O) groups is 1. The van der Waals surface area contributed by atoms with Gasteiger partial charge in [0.05, 0.1) is 14.2 Å². The van der Waals surface area contributed by atoms with Gasteiger partial charge in [0.25, 0.3) is 0 Å². The number of aliphatic carboxylic acids is 1. The number of hydrogen-bond acceptors (Lipinski definition) is 3. The maximum Gasteiger partial charge on any atom is 0.328 e. The van der Waals surface area contributed by atoms with Crippen LogP contribution in [-0.2, 0) is 11.2 Å². The second kappa shape index (κ2) is 6.64. The molecule has 0 atom stereocenters. The number of benzene rings is 1. The van der Waals surface area contributed by atoms with Crippen LogP contribution in [-0.4, -0.2) is 25.3 Å². The molecule has 1 aromatic rings. The first-order valence-electron chi connectivity index (χ1n) is 5.81. The van der Waals surface area contributed by atoms with Crippen molar-refractivity contribution >= 4 is 11.5 Å². The molecule has 0 bridgehead atoms. The van der Waals surface area contributed by atoms with Gasteiger partial charge in [-0.2, -0.15) is 0 Å². The number of hydrogen-bond donors (Lipinski definition) is 1. The summed E-state index contributed by atoms with van der Waals surface area (Å²) in [6, 6.07) is 3.56. The summed E-state index contributed by atoms with van der Waals surface area (Å²) in [7, 11) is 3.13. The minimum absolute atomic E-state index is 0.570. The highest BCUT2D eigenvalue weighted by Crippen LogP contribution is 2.35. The molecule has 0 saturated heterocycles. The Hall–Kier alpha value is -2.23. The van der Waals surface area contributed by atoms with Gasteiger partial charge in [0, 0.05) is 17.2 Å². The van der Waals surface area contributed by atoms with Crippen molar-refractivity contribution < 1.29 is 19.4 Å². The van der Waals surface area contributed by atoms with Crippen molar-refractivity contribution in [1.82, 2.24) is 0 Å². The van der Waals surface area contributed by atoms with Crippen molar-refractivity contribution in [2.75, 3.05) is 14.2 Å². The summed E-state index contributed by atoms with van der Waals surface area (Å²) >= 11 is 0. The fraction of sp³-hybridized carbons (Fsp3) is 0.267. The second-order valence-corrected chi connectivity index (χ2v) is 3.98. The summed E-state index contributed by atoms with van der Waals surface area (Å²) in [4.78, 5) is 10.8. The number of allylic oxidation sites excluding steroid dienone is 2. The van der Waals surface area contributed by atoms with E-state index in [9.17, 15) is 4.79 Å². The quantitative estimate of drug-likeness (QED) is 0.632. The highest BCUT2D eigenvalue weighted by molar-refractivity contribution is 5.91. The lowest BCUT2D eigenvalue weighted by Gasteiger charge is -2.16. The molecule has 0 spiro atoms.